The van der Waals surface area contributed by atoms with E-state index in [0.717, 1.165) is 151 Å². The summed E-state index contributed by atoms with van der Waals surface area (Å²) in [7, 11) is 0. The van der Waals surface area contributed by atoms with Gasteiger partial charge in [0.2, 0.25) is 35.4 Å². The topological polar surface area (TPSA) is 273 Å². The van der Waals surface area contributed by atoms with Crippen LogP contribution in [0.4, 0.5) is 46.4 Å². The standard InChI is InChI=1S/C29H30N6O3.C22H24N6O3.C18H22N4O2/c1-20-18-36-17-15-35(20)27-24-8-5-16-37-28(24)34-26(33-27)22-9-11-23(12-10-22)31-29-30-14-13-25(32-29)38-19-21-6-3-2-4-7-21;1-14-13-30-12-10-28(14)20-17-3-2-11-31-21(17)27-19(26-20)15-4-6-16(7-5-15)24-22-23-9-8-18(29)25-22;1-12-11-23-10-8-22(12)17-15-3-2-9-24-18(15)21-16(20-17)13-4-6-14(19)7-5-13/h2-4,6-7,9-14,20H,5,8,15-19H2,1H3,(H,30,31,32);4-9,14H,2-3,10-13H2,1H3,(H2,23,24,25,29);4-7,12H,2-3,8-11,19H2,1H3/t20-;14-;12-/m000/s1. The molecule has 24 heteroatoms. The van der Waals surface area contributed by atoms with Crippen molar-refractivity contribution >= 4 is 46.4 Å². The van der Waals surface area contributed by atoms with Crippen LogP contribution in [-0.4, -0.2) is 147 Å². The smallest absolute Gasteiger partial charge is 0.252 e. The molecule has 93 heavy (non-hydrogen) atoms. The summed E-state index contributed by atoms with van der Waals surface area (Å²) in [5.74, 6) is 8.32. The molecule has 5 aromatic heterocycles. The van der Waals surface area contributed by atoms with Gasteiger partial charge in [-0.1, -0.05) is 30.3 Å². The SMILES string of the molecule is C[C@H]1COCCN1c1nc(-c2ccc(N)cc2)nc2c1CCCO2.C[C@H]1COCCN1c1nc(-c2ccc(Nc3nccc(=O)[nH]3)cc2)nc2c1CCCO2.C[C@H]1COCCN1c1nc(-c2ccc(Nc3nccc(OCc4ccccc4)n3)cc2)nc2c1CCCO2. The van der Waals surface area contributed by atoms with Gasteiger partial charge in [0.15, 0.2) is 17.5 Å². The molecule has 3 fully saturated rings. The van der Waals surface area contributed by atoms with Crippen molar-refractivity contribution in [3.8, 4) is 57.7 Å². The van der Waals surface area contributed by atoms with Crippen LogP contribution in [0.25, 0.3) is 34.2 Å². The van der Waals surface area contributed by atoms with E-state index < -0.39 is 0 Å². The maximum Gasteiger partial charge on any atom is 0.252 e. The van der Waals surface area contributed by atoms with Crippen molar-refractivity contribution in [1.29, 1.82) is 0 Å². The molecule has 0 aliphatic carbocycles. The van der Waals surface area contributed by atoms with Crippen molar-refractivity contribution in [1.82, 2.24) is 49.8 Å². The molecule has 480 valence electrons. The number of hydrogen-bond acceptors (Lipinski definition) is 23. The van der Waals surface area contributed by atoms with Crippen LogP contribution in [0, 0.1) is 0 Å². The van der Waals surface area contributed by atoms with E-state index in [0.29, 0.717) is 106 Å². The number of nitrogens with two attached hydrogens (primary N) is 1. The maximum atomic E-state index is 11.4. The van der Waals surface area contributed by atoms with Gasteiger partial charge in [-0.25, -0.2) is 24.9 Å². The van der Waals surface area contributed by atoms with Gasteiger partial charge in [0.25, 0.3) is 5.56 Å². The van der Waals surface area contributed by atoms with E-state index in [2.05, 4.69) is 71.0 Å². The molecule has 11 heterocycles. The molecule has 3 atom stereocenters. The van der Waals surface area contributed by atoms with Crippen molar-refractivity contribution in [3.63, 3.8) is 0 Å². The summed E-state index contributed by atoms with van der Waals surface area (Å²) in [5, 5.41) is 6.34. The molecular weight excluding hydrogens is 1180 g/mol. The number of aromatic amines is 1. The Labute approximate surface area is 539 Å². The molecule has 9 aromatic rings. The number of hydrogen-bond donors (Lipinski definition) is 4. The third-order valence-corrected chi connectivity index (χ3v) is 16.7. The van der Waals surface area contributed by atoms with E-state index in [1.807, 2.05) is 103 Å². The molecular formula is C69H76N16O8. The number of H-pyrrole nitrogens is 1. The highest BCUT2D eigenvalue weighted by molar-refractivity contribution is 5.69. The van der Waals surface area contributed by atoms with Crippen molar-refractivity contribution in [2.75, 3.05) is 110 Å². The van der Waals surface area contributed by atoms with Gasteiger partial charge in [-0.15, -0.1) is 0 Å². The molecule has 5 N–H and O–H groups in total. The van der Waals surface area contributed by atoms with Gasteiger partial charge in [-0.05, 0) is 138 Å². The van der Waals surface area contributed by atoms with Gasteiger partial charge in [0.05, 0.1) is 94.3 Å². The first-order valence-electron chi connectivity index (χ1n) is 31.9. The molecule has 15 rings (SSSR count). The number of rotatable bonds is 13. The van der Waals surface area contributed by atoms with Gasteiger partial charge >= 0.3 is 0 Å². The summed E-state index contributed by atoms with van der Waals surface area (Å²) in [6.45, 7) is 15.6. The summed E-state index contributed by atoms with van der Waals surface area (Å²) in [5.41, 5.74) is 15.1. The van der Waals surface area contributed by atoms with Crippen molar-refractivity contribution < 1.29 is 33.2 Å². The maximum absolute atomic E-state index is 11.4. The predicted octanol–water partition coefficient (Wildman–Crippen LogP) is 9.60. The van der Waals surface area contributed by atoms with Gasteiger partial charge in [-0.2, -0.15) is 19.9 Å². The zero-order valence-electron chi connectivity index (χ0n) is 52.5. The number of anilines is 8. The number of fused-ring (bicyclic) bond motifs is 3. The van der Waals surface area contributed by atoms with E-state index in [4.69, 9.17) is 63.8 Å². The average Bonchev–Trinajstić information content (AvgIpc) is 3.23. The Bertz CT molecular complexity index is 4060. The highest BCUT2D eigenvalue weighted by atomic mass is 16.5. The van der Waals surface area contributed by atoms with Crippen LogP contribution >= 0.6 is 0 Å². The quantitative estimate of drug-likeness (QED) is 0.0782. The van der Waals surface area contributed by atoms with Gasteiger partial charge < -0.3 is 64.2 Å². The molecule has 24 nitrogen and oxygen atoms in total. The Hall–Kier alpha value is -10.0. The fraction of sp³-hybridized carbons (Fsp3) is 0.362. The number of morpholine rings is 3. The zero-order chi connectivity index (χ0) is 63.5. The van der Waals surface area contributed by atoms with E-state index in [1.165, 1.54) is 12.3 Å². The minimum Gasteiger partial charge on any atom is -0.477 e. The summed E-state index contributed by atoms with van der Waals surface area (Å²) in [6, 6.07) is 37.2. The van der Waals surface area contributed by atoms with E-state index >= 15 is 0 Å². The normalized spacial score (nSPS) is 18.2. The van der Waals surface area contributed by atoms with Crippen LogP contribution in [0.5, 0.6) is 23.5 Å². The lowest BCUT2D eigenvalue weighted by Crippen LogP contribution is -2.45. The van der Waals surface area contributed by atoms with Crippen LogP contribution in [0.15, 0.2) is 132 Å². The van der Waals surface area contributed by atoms with Crippen molar-refractivity contribution in [2.24, 2.45) is 0 Å². The lowest BCUT2D eigenvalue weighted by molar-refractivity contribution is 0.0982. The number of nitrogens with one attached hydrogen (secondary N) is 3. The van der Waals surface area contributed by atoms with Crippen molar-refractivity contribution in [3.05, 3.63) is 160 Å². The molecule has 0 saturated carbocycles. The fourth-order valence-corrected chi connectivity index (χ4v) is 11.8. The minimum atomic E-state index is -0.207. The molecule has 3 saturated heterocycles. The third kappa shape index (κ3) is 15.0. The number of benzene rings is 4. The Morgan fingerprint density at radius 3 is 1.40 bits per heavy atom. The molecule has 6 aliphatic rings. The lowest BCUT2D eigenvalue weighted by Gasteiger charge is -2.36. The lowest BCUT2D eigenvalue weighted by atomic mass is 10.1. The zero-order valence-corrected chi connectivity index (χ0v) is 52.5. The highest BCUT2D eigenvalue weighted by Crippen LogP contribution is 2.39. The number of ether oxygens (including phenoxy) is 7. The fourth-order valence-electron chi connectivity index (χ4n) is 11.8. The molecule has 6 aliphatic heterocycles. The molecule has 0 unspecified atom stereocenters. The Morgan fingerprint density at radius 1 is 0.505 bits per heavy atom. The Morgan fingerprint density at radius 2 is 0.946 bits per heavy atom. The van der Waals surface area contributed by atoms with Crippen LogP contribution in [0.3, 0.4) is 0 Å². The number of nitrogens with zero attached hydrogens (tertiary/aromatic N) is 12. The molecule has 0 bridgehead atoms. The molecule has 0 radical (unpaired) electrons. The second kappa shape index (κ2) is 29.1. The first-order valence-corrected chi connectivity index (χ1v) is 31.9. The predicted molar refractivity (Wildman–Crippen MR) is 355 cm³/mol. The second-order valence-corrected chi connectivity index (χ2v) is 23.5. The largest absolute Gasteiger partial charge is 0.477 e. The van der Waals surface area contributed by atoms with E-state index in [-0.39, 0.29) is 17.6 Å². The van der Waals surface area contributed by atoms with Gasteiger partial charge in [0, 0.05) is 77.9 Å². The first kappa shape index (κ1) is 61.8. The Kier molecular flexibility index (Phi) is 19.3. The van der Waals surface area contributed by atoms with Gasteiger partial charge in [-0.3, -0.25) is 9.78 Å². The highest BCUT2D eigenvalue weighted by Gasteiger charge is 2.32. The summed E-state index contributed by atoms with van der Waals surface area (Å²) >= 11 is 0. The Balaban J connectivity index is 0.000000130. The number of nitrogen functional groups attached to an aromatic ring is 1. The second-order valence-electron chi connectivity index (χ2n) is 23.5. The minimum absolute atomic E-state index is 0.207. The summed E-state index contributed by atoms with van der Waals surface area (Å²) in [6.07, 6.45) is 8.88. The molecule has 0 amide bonds. The van der Waals surface area contributed by atoms with Crippen LogP contribution in [0.2, 0.25) is 0 Å². The molecule has 4 aromatic carbocycles. The van der Waals surface area contributed by atoms with E-state index in [9.17, 15) is 4.79 Å². The van der Waals surface area contributed by atoms with Crippen LogP contribution in [-0.2, 0) is 40.1 Å². The summed E-state index contributed by atoms with van der Waals surface area (Å²) < 4.78 is 40.4. The monoisotopic (exact) mass is 1260 g/mol. The van der Waals surface area contributed by atoms with Crippen LogP contribution in [0.1, 0.15) is 62.3 Å². The molecule has 0 spiro atoms. The van der Waals surface area contributed by atoms with Crippen molar-refractivity contribution in [2.45, 2.75) is 84.0 Å². The van der Waals surface area contributed by atoms with Crippen LogP contribution < -0.4 is 55.6 Å². The summed E-state index contributed by atoms with van der Waals surface area (Å²) in [4.78, 5) is 63.0. The number of aromatic nitrogens is 10. The first-order chi connectivity index (χ1) is 45.6. The van der Waals surface area contributed by atoms with Gasteiger partial charge in [0.1, 0.15) is 24.1 Å². The average molecular weight is 1260 g/mol. The van der Waals surface area contributed by atoms with E-state index in [1.54, 1.807) is 12.3 Å². The third-order valence-electron chi connectivity index (χ3n) is 16.7.